The van der Waals surface area contributed by atoms with Crippen LogP contribution in [0.25, 0.3) is 10.9 Å². The Kier molecular flexibility index (Phi) is 7.19. The molecule has 10 heteroatoms. The number of likely N-dealkylation sites (tertiary alicyclic amines) is 1. The molecule has 188 valence electrons. The highest BCUT2D eigenvalue weighted by Crippen LogP contribution is 2.36. The Labute approximate surface area is 208 Å². The Morgan fingerprint density at radius 2 is 1.81 bits per heavy atom. The minimum atomic E-state index is -0.438. The van der Waals surface area contributed by atoms with Crippen LogP contribution in [0.15, 0.2) is 48.5 Å². The van der Waals surface area contributed by atoms with Gasteiger partial charge < -0.3 is 10.5 Å². The number of carbonyl (C=O) groups excluding carboxylic acids is 4. The van der Waals surface area contributed by atoms with Crippen molar-refractivity contribution >= 4 is 34.7 Å². The third-order valence-corrected chi connectivity index (χ3v) is 6.74. The second-order valence-electron chi connectivity index (χ2n) is 9.41. The Morgan fingerprint density at radius 3 is 2.42 bits per heavy atom. The number of piperidine rings is 1. The number of anilines is 1. The topological polar surface area (TPSA) is 128 Å². The molecule has 2 N–H and O–H groups in total. The number of primary amides is 1. The Morgan fingerprint density at radius 1 is 1.14 bits per heavy atom. The van der Waals surface area contributed by atoms with Crippen LogP contribution in [0.1, 0.15) is 48.8 Å². The largest absolute Gasteiger partial charge is 0.441 e. The van der Waals surface area contributed by atoms with Gasteiger partial charge >= 0.3 is 12.2 Å². The quantitative estimate of drug-likeness (QED) is 0.581. The highest BCUT2D eigenvalue weighted by atomic mass is 16.6. The summed E-state index contributed by atoms with van der Waals surface area (Å²) >= 11 is 0. The van der Waals surface area contributed by atoms with E-state index in [-0.39, 0.29) is 18.3 Å². The zero-order valence-corrected chi connectivity index (χ0v) is 20.3. The fraction of sp³-hybridized carbons (Fsp3) is 0.385. The molecule has 2 fully saturated rings. The van der Waals surface area contributed by atoms with Crippen molar-refractivity contribution in [2.75, 3.05) is 24.5 Å². The summed E-state index contributed by atoms with van der Waals surface area (Å²) in [5, 5.41) is 5.90. The fourth-order valence-electron chi connectivity index (χ4n) is 4.89. The van der Waals surface area contributed by atoms with Gasteiger partial charge in [-0.2, -0.15) is 14.7 Å². The molecule has 0 atom stereocenters. The van der Waals surface area contributed by atoms with Crippen LogP contribution in [0, 0.1) is 0 Å². The molecular weight excluding hydrogens is 462 g/mol. The van der Waals surface area contributed by atoms with Crippen LogP contribution in [-0.4, -0.2) is 58.1 Å². The minimum absolute atomic E-state index is 0.163. The molecule has 2 saturated heterocycles. The molecule has 0 unspecified atom stereocenters. The molecular formula is C26H29N5O5. The number of hydrogen-bond acceptors (Lipinski definition) is 7. The number of hydrogen-bond donors (Lipinski definition) is 1. The molecule has 0 saturated carbocycles. The van der Waals surface area contributed by atoms with E-state index in [0.29, 0.717) is 18.7 Å². The van der Waals surface area contributed by atoms with E-state index < -0.39 is 11.5 Å². The van der Waals surface area contributed by atoms with Gasteiger partial charge in [0.1, 0.15) is 5.60 Å². The summed E-state index contributed by atoms with van der Waals surface area (Å²) in [4.78, 5) is 44.6. The van der Waals surface area contributed by atoms with Crippen LogP contribution in [0.4, 0.5) is 10.5 Å². The van der Waals surface area contributed by atoms with Gasteiger partial charge in [-0.05, 0) is 38.1 Å². The van der Waals surface area contributed by atoms with Crippen molar-refractivity contribution in [3.8, 4) is 0 Å². The number of nitrogens with zero attached hydrogens (tertiary/aromatic N) is 4. The van der Waals surface area contributed by atoms with Crippen LogP contribution < -0.4 is 10.6 Å². The van der Waals surface area contributed by atoms with Crippen LogP contribution in [0.5, 0.6) is 0 Å². The highest BCUT2D eigenvalue weighted by molar-refractivity contribution is 5.97. The van der Waals surface area contributed by atoms with Gasteiger partial charge in [0.15, 0.2) is 0 Å². The lowest BCUT2D eigenvalue weighted by Crippen LogP contribution is -2.46. The first kappa shape index (κ1) is 25.1. The van der Waals surface area contributed by atoms with E-state index in [9.17, 15) is 9.59 Å². The van der Waals surface area contributed by atoms with Gasteiger partial charge in [0, 0.05) is 55.2 Å². The number of para-hydroxylation sites is 1. The summed E-state index contributed by atoms with van der Waals surface area (Å²) < 4.78 is 7.85. The van der Waals surface area contributed by atoms with E-state index in [1.807, 2.05) is 47.1 Å². The first-order valence-corrected chi connectivity index (χ1v) is 11.8. The number of rotatable bonds is 5. The summed E-state index contributed by atoms with van der Waals surface area (Å²) in [6.07, 6.45) is 1.56. The molecule has 1 spiro atoms. The number of benzene rings is 2. The summed E-state index contributed by atoms with van der Waals surface area (Å²) in [6.45, 7) is 7.09. The Bertz CT molecular complexity index is 1290. The number of aromatic nitrogens is 2. The summed E-state index contributed by atoms with van der Waals surface area (Å²) in [5.41, 5.74) is 8.33. The molecule has 10 nitrogen and oxygen atoms in total. The van der Waals surface area contributed by atoms with Crippen LogP contribution in [-0.2, 0) is 20.9 Å². The number of fused-ring (bicyclic) bond motifs is 1. The Balaban J connectivity index is 0.000000967. The number of carbonyl (C=O) groups is 2. The summed E-state index contributed by atoms with van der Waals surface area (Å²) in [5.74, 6) is -0.438. The van der Waals surface area contributed by atoms with E-state index in [0.717, 1.165) is 48.2 Å². The molecule has 1 aromatic heterocycles. The van der Waals surface area contributed by atoms with Gasteiger partial charge in [-0.3, -0.25) is 19.3 Å². The molecule has 2 aromatic carbocycles. The predicted molar refractivity (Wildman–Crippen MR) is 131 cm³/mol. The zero-order chi connectivity index (χ0) is 25.9. The molecule has 0 radical (unpaired) electrons. The number of amides is 2. The monoisotopic (exact) mass is 491 g/mol. The maximum Gasteiger partial charge on any atom is 0.415 e. The molecule has 3 aromatic rings. The lowest BCUT2D eigenvalue weighted by molar-refractivity contribution is -0.191. The van der Waals surface area contributed by atoms with Gasteiger partial charge in [-0.15, -0.1) is 0 Å². The molecule has 5 rings (SSSR count). The number of ether oxygens (including phenoxy) is 1. The lowest BCUT2D eigenvalue weighted by atomic mass is 9.91. The van der Waals surface area contributed by atoms with E-state index >= 15 is 0 Å². The Hall–Kier alpha value is -4.01. The van der Waals surface area contributed by atoms with Crippen LogP contribution in [0.2, 0.25) is 0 Å². The van der Waals surface area contributed by atoms with Gasteiger partial charge in [-0.1, -0.05) is 24.3 Å². The number of nitrogens with two attached hydrogens (primary N) is 1. The van der Waals surface area contributed by atoms with Crippen LogP contribution in [0.3, 0.4) is 0 Å². The van der Waals surface area contributed by atoms with E-state index in [1.165, 1.54) is 0 Å². The second kappa shape index (κ2) is 10.3. The molecule has 0 bridgehead atoms. The SMILES string of the molecule is CC(C)n1nc(CN2CCC3(CC2)CN(c2ccccc2)C(=O)O3)c2ccc(C(N)=O)cc21.O=C=O. The van der Waals surface area contributed by atoms with Crippen molar-refractivity contribution < 1.29 is 23.9 Å². The fourth-order valence-corrected chi connectivity index (χ4v) is 4.89. The van der Waals surface area contributed by atoms with Gasteiger partial charge in [0.2, 0.25) is 5.91 Å². The third kappa shape index (κ3) is 5.00. The third-order valence-electron chi connectivity index (χ3n) is 6.74. The minimum Gasteiger partial charge on any atom is -0.441 e. The summed E-state index contributed by atoms with van der Waals surface area (Å²) in [6, 6.07) is 15.4. The van der Waals surface area contributed by atoms with E-state index in [1.54, 1.807) is 11.0 Å². The molecule has 2 aliphatic rings. The highest BCUT2D eigenvalue weighted by Gasteiger charge is 2.47. The average Bonchev–Trinajstić information content (AvgIpc) is 3.39. The maximum atomic E-state index is 12.6. The van der Waals surface area contributed by atoms with Crippen molar-refractivity contribution in [2.45, 2.75) is 44.9 Å². The standard InChI is InChI=1S/C25H29N5O3.CO2/c1-17(2)30-22-14-18(23(26)31)8-9-20(22)21(27-30)15-28-12-10-25(11-13-28)16-29(24(32)33-25)19-6-4-3-5-7-19;2-1-3/h3-9,14,17H,10-13,15-16H2,1-2H3,(H2,26,31);. The van der Waals surface area contributed by atoms with Gasteiger partial charge in [0.25, 0.3) is 0 Å². The first-order chi connectivity index (χ1) is 17.3. The second-order valence-corrected chi connectivity index (χ2v) is 9.41. The first-order valence-electron chi connectivity index (χ1n) is 11.8. The average molecular weight is 492 g/mol. The molecule has 2 amide bonds. The summed E-state index contributed by atoms with van der Waals surface area (Å²) in [7, 11) is 0. The van der Waals surface area contributed by atoms with Crippen molar-refractivity contribution in [3.63, 3.8) is 0 Å². The van der Waals surface area contributed by atoms with Crippen LogP contribution >= 0.6 is 0 Å². The molecule has 3 heterocycles. The van der Waals surface area contributed by atoms with Crippen molar-refractivity contribution in [2.24, 2.45) is 5.73 Å². The van der Waals surface area contributed by atoms with E-state index in [2.05, 4.69) is 18.7 Å². The molecule has 36 heavy (non-hydrogen) atoms. The maximum absolute atomic E-state index is 12.6. The van der Waals surface area contributed by atoms with Gasteiger partial charge in [-0.25, -0.2) is 4.79 Å². The molecule has 0 aliphatic carbocycles. The molecule has 2 aliphatic heterocycles. The van der Waals surface area contributed by atoms with Crippen molar-refractivity contribution in [3.05, 3.63) is 59.8 Å². The van der Waals surface area contributed by atoms with Gasteiger partial charge in [0.05, 0.1) is 17.8 Å². The van der Waals surface area contributed by atoms with Crippen molar-refractivity contribution in [1.82, 2.24) is 14.7 Å². The zero-order valence-electron chi connectivity index (χ0n) is 20.3. The predicted octanol–water partition coefficient (Wildman–Crippen LogP) is 3.12. The smallest absolute Gasteiger partial charge is 0.415 e. The normalized spacial score (nSPS) is 17.1. The van der Waals surface area contributed by atoms with Crippen molar-refractivity contribution in [1.29, 1.82) is 0 Å². The van der Waals surface area contributed by atoms with E-state index in [4.69, 9.17) is 25.2 Å². The lowest BCUT2D eigenvalue weighted by Gasteiger charge is -2.37.